The summed E-state index contributed by atoms with van der Waals surface area (Å²) >= 11 is 6.75. The maximum atomic E-state index is 12.9. The van der Waals surface area contributed by atoms with Crippen molar-refractivity contribution >= 4 is 23.6 Å². The van der Waals surface area contributed by atoms with Crippen molar-refractivity contribution in [2.75, 3.05) is 26.2 Å². The highest BCUT2D eigenvalue weighted by Gasteiger charge is 2.43. The van der Waals surface area contributed by atoms with Gasteiger partial charge in [-0.05, 0) is 54.9 Å². The minimum atomic E-state index is -1.37. The zero-order chi connectivity index (χ0) is 27.0. The van der Waals surface area contributed by atoms with E-state index >= 15 is 0 Å². The molecular weight excluding hydrogens is 494 g/mol. The Morgan fingerprint density at radius 3 is 2.73 bits per heavy atom. The van der Waals surface area contributed by atoms with Crippen molar-refractivity contribution < 1.29 is 24.9 Å². The summed E-state index contributed by atoms with van der Waals surface area (Å²) < 4.78 is 0. The van der Waals surface area contributed by atoms with Crippen LogP contribution in [-0.2, 0) is 16.8 Å². The zero-order valence-corrected chi connectivity index (χ0v) is 22.1. The summed E-state index contributed by atoms with van der Waals surface area (Å²) in [5, 5.41) is 34.2. The molecule has 1 heterocycles. The van der Waals surface area contributed by atoms with Crippen LogP contribution in [0.15, 0.2) is 42.5 Å². The van der Waals surface area contributed by atoms with E-state index in [9.17, 15) is 19.8 Å². The topological polar surface area (TPSA) is 136 Å². The lowest BCUT2D eigenvalue weighted by Crippen LogP contribution is -2.49. The van der Waals surface area contributed by atoms with Crippen molar-refractivity contribution in [2.24, 2.45) is 11.7 Å². The summed E-state index contributed by atoms with van der Waals surface area (Å²) in [5.41, 5.74) is 7.59. The molecule has 6 N–H and O–H groups in total. The number of piperidine rings is 1. The quantitative estimate of drug-likeness (QED) is 0.280. The smallest absolute Gasteiger partial charge is 0.404 e. The van der Waals surface area contributed by atoms with E-state index in [1.165, 1.54) is 0 Å². The van der Waals surface area contributed by atoms with Gasteiger partial charge in [0.1, 0.15) is 0 Å². The van der Waals surface area contributed by atoms with Crippen molar-refractivity contribution in [3.05, 3.63) is 58.6 Å². The van der Waals surface area contributed by atoms with E-state index < -0.39 is 17.8 Å². The predicted molar refractivity (Wildman–Crippen MR) is 144 cm³/mol. The Labute approximate surface area is 223 Å². The van der Waals surface area contributed by atoms with Gasteiger partial charge in [-0.1, -0.05) is 54.9 Å². The fourth-order valence-electron chi connectivity index (χ4n) is 5.24. The van der Waals surface area contributed by atoms with Crippen molar-refractivity contribution in [1.29, 1.82) is 0 Å². The molecule has 0 radical (unpaired) electrons. The van der Waals surface area contributed by atoms with Gasteiger partial charge in [-0.3, -0.25) is 4.79 Å². The number of nitrogens with two attached hydrogens (primary N) is 1. The average Bonchev–Trinajstić information content (AvgIpc) is 2.90. The minimum Gasteiger partial charge on any atom is -0.465 e. The van der Waals surface area contributed by atoms with Crippen molar-refractivity contribution in [3.8, 4) is 11.1 Å². The molecule has 0 bridgehead atoms. The van der Waals surface area contributed by atoms with Gasteiger partial charge in [-0.2, -0.15) is 0 Å². The number of halogens is 1. The lowest BCUT2D eigenvalue weighted by atomic mass is 9.72. The second kappa shape index (κ2) is 13.2. The fourth-order valence-corrected chi connectivity index (χ4v) is 5.53. The van der Waals surface area contributed by atoms with Gasteiger partial charge in [-0.15, -0.1) is 0 Å². The van der Waals surface area contributed by atoms with Crippen LogP contribution in [0.5, 0.6) is 0 Å². The third kappa shape index (κ3) is 7.23. The second-order valence-electron chi connectivity index (χ2n) is 9.75. The van der Waals surface area contributed by atoms with Crippen LogP contribution < -0.4 is 11.1 Å². The Hall–Kier alpha value is -2.65. The molecule has 1 aliphatic rings. The molecule has 3 atom stereocenters. The van der Waals surface area contributed by atoms with Crippen LogP contribution in [0, 0.1) is 5.92 Å². The number of aliphatic hydroxyl groups is 2. The molecule has 1 unspecified atom stereocenters. The summed E-state index contributed by atoms with van der Waals surface area (Å²) in [6, 6.07) is 13.6. The molecule has 0 spiro atoms. The highest BCUT2D eigenvalue weighted by atomic mass is 35.5. The summed E-state index contributed by atoms with van der Waals surface area (Å²) in [4.78, 5) is 25.6. The van der Waals surface area contributed by atoms with E-state index in [2.05, 4.69) is 18.3 Å². The van der Waals surface area contributed by atoms with Gasteiger partial charge in [0.2, 0.25) is 5.91 Å². The highest BCUT2D eigenvalue weighted by molar-refractivity contribution is 6.33. The third-order valence-electron chi connectivity index (χ3n) is 7.25. The lowest BCUT2D eigenvalue weighted by molar-refractivity contribution is -0.138. The number of likely N-dealkylation sites (tertiary alicyclic amines) is 1. The molecule has 37 heavy (non-hydrogen) atoms. The van der Waals surface area contributed by atoms with Crippen molar-refractivity contribution in [2.45, 2.75) is 57.2 Å². The first kappa shape index (κ1) is 28.9. The van der Waals surface area contributed by atoms with Crippen LogP contribution in [0.25, 0.3) is 11.1 Å². The highest BCUT2D eigenvalue weighted by Crippen LogP contribution is 2.45. The number of benzene rings is 2. The number of carbonyl (C=O) groups is 2. The number of hydrogen-bond acceptors (Lipinski definition) is 5. The van der Waals surface area contributed by atoms with E-state index in [4.69, 9.17) is 22.4 Å². The van der Waals surface area contributed by atoms with E-state index in [0.29, 0.717) is 42.9 Å². The number of carboxylic acid groups (broad SMARTS) is 1. The van der Waals surface area contributed by atoms with Crippen LogP contribution in [0.3, 0.4) is 0 Å². The summed E-state index contributed by atoms with van der Waals surface area (Å²) in [6.45, 7) is 3.14. The van der Waals surface area contributed by atoms with E-state index in [-0.39, 0.29) is 37.8 Å². The first-order valence-corrected chi connectivity index (χ1v) is 13.3. The summed E-state index contributed by atoms with van der Waals surface area (Å²) in [7, 11) is 0. The third-order valence-corrected chi connectivity index (χ3v) is 7.56. The molecular formula is C28H38ClN3O5. The molecule has 3 rings (SSSR count). The largest absolute Gasteiger partial charge is 0.465 e. The van der Waals surface area contributed by atoms with Gasteiger partial charge in [-0.25, -0.2) is 4.79 Å². The minimum absolute atomic E-state index is 0.00617. The number of carbonyl (C=O) groups excluding carboxylic acids is 1. The first-order valence-electron chi connectivity index (χ1n) is 12.9. The first-order chi connectivity index (χ1) is 17.7. The van der Waals surface area contributed by atoms with Crippen LogP contribution in [0.4, 0.5) is 4.79 Å². The van der Waals surface area contributed by atoms with E-state index in [0.717, 1.165) is 23.1 Å². The number of rotatable bonds is 11. The molecule has 0 aliphatic carbocycles. The molecule has 2 amide bonds. The van der Waals surface area contributed by atoms with E-state index in [1.54, 1.807) is 11.0 Å². The van der Waals surface area contributed by atoms with Crippen molar-refractivity contribution in [1.82, 2.24) is 10.2 Å². The Morgan fingerprint density at radius 1 is 1.27 bits per heavy atom. The maximum absolute atomic E-state index is 12.9. The Kier molecular flexibility index (Phi) is 10.3. The number of nitrogens with zero attached hydrogens (tertiary/aromatic N) is 1. The molecule has 2 aromatic carbocycles. The molecule has 0 saturated carbocycles. The molecule has 2 aromatic rings. The molecule has 1 fully saturated rings. The van der Waals surface area contributed by atoms with Crippen molar-refractivity contribution in [3.63, 3.8) is 0 Å². The fraction of sp³-hybridized carbons (Fsp3) is 0.500. The molecule has 1 aliphatic heterocycles. The van der Waals surface area contributed by atoms with Gasteiger partial charge >= 0.3 is 6.09 Å². The van der Waals surface area contributed by atoms with Crippen LogP contribution in [0.2, 0.25) is 5.02 Å². The monoisotopic (exact) mass is 531 g/mol. The predicted octanol–water partition coefficient (Wildman–Crippen LogP) is 3.75. The number of aryl methyl sites for hydroxylation is 1. The van der Waals surface area contributed by atoms with E-state index in [1.807, 2.05) is 30.3 Å². The van der Waals surface area contributed by atoms with Crippen LogP contribution >= 0.6 is 11.6 Å². The maximum Gasteiger partial charge on any atom is 0.404 e. The molecule has 0 aromatic heterocycles. The normalized spacial score (nSPS) is 18.2. The zero-order valence-electron chi connectivity index (χ0n) is 21.3. The lowest BCUT2D eigenvalue weighted by Gasteiger charge is -2.44. The summed E-state index contributed by atoms with van der Waals surface area (Å²) in [6.07, 6.45) is 0.852. The second-order valence-corrected chi connectivity index (χ2v) is 10.2. The van der Waals surface area contributed by atoms with Crippen LogP contribution in [0.1, 0.15) is 50.2 Å². The molecule has 202 valence electrons. The van der Waals surface area contributed by atoms with Gasteiger partial charge in [0.25, 0.3) is 0 Å². The van der Waals surface area contributed by atoms with Gasteiger partial charge in [0.15, 0.2) is 0 Å². The molecule has 1 saturated heterocycles. The van der Waals surface area contributed by atoms with Gasteiger partial charge in [0.05, 0.1) is 18.1 Å². The number of hydrogen-bond donors (Lipinski definition) is 5. The average molecular weight is 532 g/mol. The van der Waals surface area contributed by atoms with Gasteiger partial charge < -0.3 is 31.3 Å². The molecule has 9 heteroatoms. The number of aliphatic hydroxyl groups excluding tert-OH is 1. The number of amides is 2. The van der Waals surface area contributed by atoms with Crippen LogP contribution in [-0.4, -0.2) is 64.5 Å². The van der Waals surface area contributed by atoms with Gasteiger partial charge in [0, 0.05) is 42.7 Å². The standard InChI is InChI=1S/C28H38ClN3O5/c1-2-19-7-3-8-20(15-19)26-23(10-4-11-24(26)29)28(37,12-6-13-31-27(35)36)21-9-5-14-32(18-21)25(34)16-22(33)17-30/h3-4,7-8,10-11,15,21-22,31,33,37H,2,5-6,9,12-14,16-18,30H2,1H3,(H,35,36)/t21?,22-,28+/m1/s1. The number of nitrogens with one attached hydrogen (secondary N) is 1. The SMILES string of the molecule is CCc1cccc(-c2c(Cl)cccc2[C@](O)(CCCNC(=O)O)C2CCCN(C(=O)C[C@@H](O)CN)C2)c1. The Bertz CT molecular complexity index is 1080. The molecule has 8 nitrogen and oxygen atoms in total. The Balaban J connectivity index is 2.02. The summed E-state index contributed by atoms with van der Waals surface area (Å²) in [5.74, 6) is -0.504. The Morgan fingerprint density at radius 2 is 2.03 bits per heavy atom.